The molecule has 1 amide bonds. The second-order valence-corrected chi connectivity index (χ2v) is 9.04. The number of hydrogen-bond donors (Lipinski definition) is 1. The third-order valence-electron chi connectivity index (χ3n) is 4.46. The molecule has 1 aromatic heterocycles. The lowest BCUT2D eigenvalue weighted by atomic mass is 9.88. The molecule has 0 bridgehead atoms. The van der Waals surface area contributed by atoms with Gasteiger partial charge in [-0.1, -0.05) is 30.1 Å². The molecule has 1 atom stereocenters. The van der Waals surface area contributed by atoms with E-state index in [4.69, 9.17) is 27.9 Å². The molecule has 0 spiro atoms. The minimum atomic E-state index is -0.394. The van der Waals surface area contributed by atoms with E-state index in [1.54, 1.807) is 12.1 Å². The number of anilines is 1. The third kappa shape index (κ3) is 4.48. The average Bonchev–Trinajstić information content (AvgIpc) is 2.90. The number of benzene rings is 1. The Balaban J connectivity index is 1.96. The lowest BCUT2D eigenvalue weighted by molar-refractivity contribution is 0.0378. The van der Waals surface area contributed by atoms with E-state index in [0.717, 1.165) is 29.7 Å². The number of ether oxygens (including phenoxy) is 1. The van der Waals surface area contributed by atoms with Crippen molar-refractivity contribution in [1.82, 2.24) is 0 Å². The molecular weight excluding hydrogens is 405 g/mol. The summed E-state index contributed by atoms with van der Waals surface area (Å²) >= 11 is 13.5. The second-order valence-electron chi connectivity index (χ2n) is 7.09. The first-order chi connectivity index (χ1) is 12.8. The number of thiophene rings is 1. The molecule has 0 saturated carbocycles. The molecule has 3 rings (SSSR count). The van der Waals surface area contributed by atoms with Crippen molar-refractivity contribution in [2.45, 2.75) is 46.1 Å². The molecule has 1 aromatic carbocycles. The fraction of sp³-hybridized carbons (Fsp3) is 0.400. The highest BCUT2D eigenvalue weighted by Crippen LogP contribution is 2.40. The Bertz CT molecular complexity index is 892. The Morgan fingerprint density at radius 3 is 2.70 bits per heavy atom. The molecule has 1 aliphatic rings. The number of hydrogen-bond acceptors (Lipinski definition) is 4. The van der Waals surface area contributed by atoms with E-state index in [1.807, 2.05) is 13.8 Å². The van der Waals surface area contributed by atoms with Gasteiger partial charge in [-0.3, -0.25) is 4.79 Å². The van der Waals surface area contributed by atoms with E-state index < -0.39 is 5.97 Å². The third-order valence-corrected chi connectivity index (χ3v) is 6.18. The van der Waals surface area contributed by atoms with Gasteiger partial charge in [0.15, 0.2) is 0 Å². The highest BCUT2D eigenvalue weighted by atomic mass is 35.5. The summed E-state index contributed by atoms with van der Waals surface area (Å²) < 4.78 is 5.43. The summed E-state index contributed by atoms with van der Waals surface area (Å²) in [5, 5.41) is 4.11. The van der Waals surface area contributed by atoms with Gasteiger partial charge >= 0.3 is 5.97 Å². The van der Waals surface area contributed by atoms with Crippen LogP contribution in [-0.2, 0) is 17.6 Å². The molecule has 1 unspecified atom stereocenters. The first-order valence-electron chi connectivity index (χ1n) is 8.88. The Labute approximate surface area is 172 Å². The van der Waals surface area contributed by atoms with Gasteiger partial charge in [-0.15, -0.1) is 11.3 Å². The van der Waals surface area contributed by atoms with Crippen molar-refractivity contribution in [3.8, 4) is 0 Å². The van der Waals surface area contributed by atoms with Crippen molar-refractivity contribution < 1.29 is 14.3 Å². The molecule has 0 saturated heterocycles. The zero-order valence-electron chi connectivity index (χ0n) is 15.4. The normalized spacial score (nSPS) is 16.1. The summed E-state index contributed by atoms with van der Waals surface area (Å²) in [5.41, 5.74) is 1.79. The van der Waals surface area contributed by atoms with Gasteiger partial charge in [-0.05, 0) is 62.8 Å². The molecule has 1 N–H and O–H groups in total. The molecule has 1 heterocycles. The van der Waals surface area contributed by atoms with E-state index in [9.17, 15) is 9.59 Å². The van der Waals surface area contributed by atoms with E-state index in [-0.39, 0.29) is 17.0 Å². The Morgan fingerprint density at radius 1 is 1.30 bits per heavy atom. The fourth-order valence-corrected chi connectivity index (χ4v) is 5.06. The largest absolute Gasteiger partial charge is 0.459 e. The fourth-order valence-electron chi connectivity index (χ4n) is 3.17. The molecular formula is C20H21Cl2NO3S. The zero-order chi connectivity index (χ0) is 19.7. The molecule has 0 radical (unpaired) electrons. The van der Waals surface area contributed by atoms with E-state index in [2.05, 4.69) is 12.2 Å². The van der Waals surface area contributed by atoms with Gasteiger partial charge in [0.1, 0.15) is 5.00 Å². The number of amides is 1. The SMILES string of the molecule is CC1CCc2c(sc(NC(=O)c3ccc(Cl)cc3Cl)c2C(=O)OC(C)C)C1. The van der Waals surface area contributed by atoms with Gasteiger partial charge in [0.25, 0.3) is 5.91 Å². The summed E-state index contributed by atoms with van der Waals surface area (Å²) in [6.45, 7) is 5.82. The number of rotatable bonds is 4. The predicted octanol–water partition coefficient (Wildman–Crippen LogP) is 6.00. The van der Waals surface area contributed by atoms with Crippen LogP contribution >= 0.6 is 34.5 Å². The van der Waals surface area contributed by atoms with Gasteiger partial charge in [0.05, 0.1) is 22.3 Å². The number of halogens is 2. The average molecular weight is 426 g/mol. The van der Waals surface area contributed by atoms with Crippen LogP contribution in [0.2, 0.25) is 10.0 Å². The Morgan fingerprint density at radius 2 is 2.04 bits per heavy atom. The number of esters is 1. The highest BCUT2D eigenvalue weighted by molar-refractivity contribution is 7.17. The standard InChI is InChI=1S/C20H21Cl2NO3S/c1-10(2)26-20(25)17-14-6-4-11(3)8-16(14)27-19(17)23-18(24)13-7-5-12(21)9-15(13)22/h5,7,9-11H,4,6,8H2,1-3H3,(H,23,24). The predicted molar refractivity (Wildman–Crippen MR) is 110 cm³/mol. The molecule has 4 nitrogen and oxygen atoms in total. The van der Waals surface area contributed by atoms with Crippen molar-refractivity contribution in [2.75, 3.05) is 5.32 Å². The molecule has 0 fully saturated rings. The number of carbonyl (C=O) groups is 2. The first-order valence-corrected chi connectivity index (χ1v) is 10.5. The molecule has 2 aromatic rings. The number of fused-ring (bicyclic) bond motifs is 1. The van der Waals surface area contributed by atoms with E-state index in [1.165, 1.54) is 17.4 Å². The summed E-state index contributed by atoms with van der Waals surface area (Å²) in [6, 6.07) is 4.70. The number of carbonyl (C=O) groups excluding carboxylic acids is 2. The van der Waals surface area contributed by atoms with Gasteiger partial charge in [0, 0.05) is 9.90 Å². The maximum atomic E-state index is 12.7. The highest BCUT2D eigenvalue weighted by Gasteiger charge is 2.30. The van der Waals surface area contributed by atoms with Crippen molar-refractivity contribution in [3.63, 3.8) is 0 Å². The smallest absolute Gasteiger partial charge is 0.341 e. The molecule has 7 heteroatoms. The van der Waals surface area contributed by atoms with Crippen molar-refractivity contribution >= 4 is 51.4 Å². The minimum Gasteiger partial charge on any atom is -0.459 e. The maximum Gasteiger partial charge on any atom is 0.341 e. The second kappa shape index (κ2) is 8.21. The van der Waals surface area contributed by atoms with E-state index in [0.29, 0.717) is 27.1 Å². The first kappa shape index (κ1) is 20.2. The molecule has 1 aliphatic carbocycles. The molecule has 0 aliphatic heterocycles. The lowest BCUT2D eigenvalue weighted by Gasteiger charge is -2.18. The Hall–Kier alpha value is -1.56. The van der Waals surface area contributed by atoms with Crippen molar-refractivity contribution in [1.29, 1.82) is 0 Å². The molecule has 27 heavy (non-hydrogen) atoms. The summed E-state index contributed by atoms with van der Waals surface area (Å²) in [6.07, 6.45) is 2.50. The van der Waals surface area contributed by atoms with Crippen molar-refractivity contribution in [3.05, 3.63) is 49.8 Å². The van der Waals surface area contributed by atoms with Crippen molar-refractivity contribution in [2.24, 2.45) is 5.92 Å². The van der Waals surface area contributed by atoms with Crippen LogP contribution < -0.4 is 5.32 Å². The van der Waals surface area contributed by atoms with Gasteiger partial charge in [-0.2, -0.15) is 0 Å². The summed E-state index contributed by atoms with van der Waals surface area (Å²) in [5.74, 6) is -0.212. The van der Waals surface area contributed by atoms with Gasteiger partial charge in [0.2, 0.25) is 0 Å². The summed E-state index contributed by atoms with van der Waals surface area (Å²) in [7, 11) is 0. The quantitative estimate of drug-likeness (QED) is 0.611. The zero-order valence-corrected chi connectivity index (χ0v) is 17.7. The van der Waals surface area contributed by atoms with E-state index >= 15 is 0 Å². The number of nitrogens with one attached hydrogen (secondary N) is 1. The van der Waals surface area contributed by atoms with Crippen LogP contribution in [0.1, 0.15) is 58.3 Å². The van der Waals surface area contributed by atoms with Crippen LogP contribution in [0, 0.1) is 5.92 Å². The van der Waals surface area contributed by atoms with Gasteiger partial charge < -0.3 is 10.1 Å². The van der Waals surface area contributed by atoms with Gasteiger partial charge in [-0.25, -0.2) is 4.79 Å². The summed E-state index contributed by atoms with van der Waals surface area (Å²) in [4.78, 5) is 26.6. The maximum absolute atomic E-state index is 12.7. The monoisotopic (exact) mass is 425 g/mol. The van der Waals surface area contributed by atoms with Crippen LogP contribution in [0.3, 0.4) is 0 Å². The van der Waals surface area contributed by atoms with Crippen LogP contribution in [0.5, 0.6) is 0 Å². The lowest BCUT2D eigenvalue weighted by Crippen LogP contribution is -2.18. The molecule has 144 valence electrons. The van der Waals surface area contributed by atoms with Crippen LogP contribution in [0.25, 0.3) is 0 Å². The Kier molecular flexibility index (Phi) is 6.14. The van der Waals surface area contributed by atoms with Crippen LogP contribution in [-0.4, -0.2) is 18.0 Å². The minimum absolute atomic E-state index is 0.232. The van der Waals surface area contributed by atoms with Crippen LogP contribution in [0.15, 0.2) is 18.2 Å². The van der Waals surface area contributed by atoms with Crippen LogP contribution in [0.4, 0.5) is 5.00 Å². The topological polar surface area (TPSA) is 55.4 Å².